The molecule has 0 saturated carbocycles. The summed E-state index contributed by atoms with van der Waals surface area (Å²) < 4.78 is 30.8. The van der Waals surface area contributed by atoms with E-state index in [1.165, 1.54) is 0 Å². The highest BCUT2D eigenvalue weighted by molar-refractivity contribution is 5.64. The van der Waals surface area contributed by atoms with E-state index in [1.807, 2.05) is 0 Å². The van der Waals surface area contributed by atoms with Crippen molar-refractivity contribution in [2.75, 3.05) is 6.61 Å². The van der Waals surface area contributed by atoms with Crippen LogP contribution in [-0.4, -0.2) is 12.8 Å². The monoisotopic (exact) mass is 136 g/mol. The third-order valence-corrected chi connectivity index (χ3v) is 0.738. The van der Waals surface area contributed by atoms with Crippen LogP contribution in [-0.2, 0) is 9.47 Å². The van der Waals surface area contributed by atoms with Crippen LogP contribution in [0.2, 0.25) is 0 Å². The third kappa shape index (κ3) is 1.16. The van der Waals surface area contributed by atoms with E-state index >= 15 is 0 Å². The summed E-state index contributed by atoms with van der Waals surface area (Å²) in [6.07, 6.45) is -3.08. The lowest BCUT2D eigenvalue weighted by atomic mass is 10.6. The molecule has 0 radical (unpaired) electrons. The molecule has 50 valence electrons. The van der Waals surface area contributed by atoms with Crippen LogP contribution < -0.4 is 0 Å². The average molecular weight is 136 g/mol. The van der Waals surface area contributed by atoms with Crippen LogP contribution in [0.15, 0.2) is 11.8 Å². The van der Waals surface area contributed by atoms with Gasteiger partial charge in [-0.15, -0.1) is 0 Å². The van der Waals surface area contributed by atoms with Crippen molar-refractivity contribution in [2.45, 2.75) is 0 Å². The molecule has 0 amide bonds. The molecule has 0 N–H and O–H groups in total. The van der Waals surface area contributed by atoms with Gasteiger partial charge in [0.15, 0.2) is 6.61 Å². The van der Waals surface area contributed by atoms with E-state index in [-0.39, 0.29) is 0 Å². The highest BCUT2D eigenvalue weighted by Gasteiger charge is 2.22. The maximum atomic E-state index is 11.4. The Morgan fingerprint density at radius 3 is 2.44 bits per heavy atom. The molecule has 5 heteroatoms. The molecule has 1 saturated heterocycles. The van der Waals surface area contributed by atoms with Gasteiger partial charge in [-0.1, -0.05) is 0 Å². The quantitative estimate of drug-likeness (QED) is 0.470. The van der Waals surface area contributed by atoms with Gasteiger partial charge in [0.1, 0.15) is 0 Å². The lowest BCUT2D eigenvalue weighted by Crippen LogP contribution is -1.88. The molecule has 0 atom stereocenters. The van der Waals surface area contributed by atoms with Crippen molar-refractivity contribution >= 4 is 6.16 Å². The van der Waals surface area contributed by atoms with Crippen LogP contribution in [0.3, 0.4) is 0 Å². The summed E-state index contributed by atoms with van der Waals surface area (Å²) in [6, 6.07) is 0. The first-order valence-corrected chi connectivity index (χ1v) is 2.09. The molecule has 9 heavy (non-hydrogen) atoms. The Bertz CT molecular complexity index is 171. The summed E-state index contributed by atoms with van der Waals surface area (Å²) >= 11 is 0. The molecule has 1 rings (SSSR count). The van der Waals surface area contributed by atoms with E-state index in [2.05, 4.69) is 9.47 Å². The second kappa shape index (κ2) is 2.00. The van der Waals surface area contributed by atoms with Crippen molar-refractivity contribution in [1.29, 1.82) is 0 Å². The molecule has 0 aliphatic carbocycles. The van der Waals surface area contributed by atoms with Gasteiger partial charge in [-0.25, -0.2) is 4.79 Å². The van der Waals surface area contributed by atoms with E-state index in [1.54, 1.807) is 0 Å². The predicted molar refractivity (Wildman–Crippen MR) is 21.7 cm³/mol. The van der Waals surface area contributed by atoms with E-state index in [0.29, 0.717) is 0 Å². The largest absolute Gasteiger partial charge is 0.514 e. The molecule has 0 spiro atoms. The van der Waals surface area contributed by atoms with Gasteiger partial charge in [-0.3, -0.25) is 0 Å². The fourth-order valence-electron chi connectivity index (χ4n) is 0.377. The Morgan fingerprint density at radius 1 is 1.56 bits per heavy atom. The number of hydrogen-bond acceptors (Lipinski definition) is 3. The second-order valence-electron chi connectivity index (χ2n) is 1.32. The number of ether oxygens (including phenoxy) is 2. The Hall–Kier alpha value is -1.13. The molecule has 1 heterocycles. The van der Waals surface area contributed by atoms with Crippen LogP contribution in [0.5, 0.6) is 0 Å². The van der Waals surface area contributed by atoms with Gasteiger partial charge in [0.05, 0.1) is 0 Å². The summed E-state index contributed by atoms with van der Waals surface area (Å²) in [7, 11) is 0. The van der Waals surface area contributed by atoms with E-state index in [4.69, 9.17) is 0 Å². The highest BCUT2D eigenvalue weighted by atomic mass is 19.3. The van der Waals surface area contributed by atoms with Crippen LogP contribution in [0.4, 0.5) is 13.6 Å². The van der Waals surface area contributed by atoms with Crippen LogP contribution in [0.1, 0.15) is 0 Å². The fourth-order valence-corrected chi connectivity index (χ4v) is 0.377. The van der Waals surface area contributed by atoms with Crippen LogP contribution >= 0.6 is 0 Å². The minimum atomic E-state index is -2.01. The highest BCUT2D eigenvalue weighted by Crippen LogP contribution is 2.15. The number of carbonyl (C=O) groups excluding carboxylic acids is 1. The minimum absolute atomic E-state index is 0.457. The summed E-state index contributed by atoms with van der Waals surface area (Å²) in [5.41, 5.74) is 0. The summed E-state index contributed by atoms with van der Waals surface area (Å²) in [6.45, 7) is -0.457. The van der Waals surface area contributed by atoms with Gasteiger partial charge < -0.3 is 9.47 Å². The first-order valence-electron chi connectivity index (χ1n) is 2.09. The maximum absolute atomic E-state index is 11.4. The zero-order chi connectivity index (χ0) is 6.85. The molecule has 0 bridgehead atoms. The summed E-state index contributed by atoms with van der Waals surface area (Å²) in [4.78, 5) is 9.95. The molecule has 3 nitrogen and oxygen atoms in total. The Kier molecular flexibility index (Phi) is 1.33. The number of hydrogen-bond donors (Lipinski definition) is 0. The van der Waals surface area contributed by atoms with Crippen LogP contribution in [0, 0.1) is 0 Å². The van der Waals surface area contributed by atoms with Crippen molar-refractivity contribution < 1.29 is 23.0 Å². The second-order valence-corrected chi connectivity index (χ2v) is 1.32. The topological polar surface area (TPSA) is 35.5 Å². The minimum Gasteiger partial charge on any atom is -0.426 e. The molecule has 0 aromatic carbocycles. The van der Waals surface area contributed by atoms with Crippen molar-refractivity contribution in [1.82, 2.24) is 0 Å². The molecule has 1 aliphatic heterocycles. The maximum Gasteiger partial charge on any atom is 0.514 e. The van der Waals surface area contributed by atoms with Crippen molar-refractivity contribution in [3.63, 3.8) is 0 Å². The smallest absolute Gasteiger partial charge is 0.426 e. The van der Waals surface area contributed by atoms with E-state index < -0.39 is 24.6 Å². The van der Waals surface area contributed by atoms with Gasteiger partial charge in [0, 0.05) is 0 Å². The Morgan fingerprint density at radius 2 is 2.22 bits per heavy atom. The Labute approximate surface area is 48.9 Å². The third-order valence-electron chi connectivity index (χ3n) is 0.738. The normalized spacial score (nSPS) is 17.1. The molecule has 1 aliphatic rings. The molecular weight excluding hydrogens is 134 g/mol. The van der Waals surface area contributed by atoms with Crippen molar-refractivity contribution in [2.24, 2.45) is 0 Å². The predicted octanol–water partition coefficient (Wildman–Crippen LogP) is 1.26. The van der Waals surface area contributed by atoms with Gasteiger partial charge >= 0.3 is 12.2 Å². The fraction of sp³-hybridized carbons (Fsp3) is 0.250. The molecule has 1 fully saturated rings. The van der Waals surface area contributed by atoms with Gasteiger partial charge in [-0.05, 0) is 0 Å². The summed E-state index contributed by atoms with van der Waals surface area (Å²) in [5.74, 6) is -0.694. The lowest BCUT2D eigenvalue weighted by Gasteiger charge is -1.84. The Balaban J connectivity index is 2.69. The zero-order valence-corrected chi connectivity index (χ0v) is 4.19. The van der Waals surface area contributed by atoms with Gasteiger partial charge in [0.2, 0.25) is 5.76 Å². The first-order chi connectivity index (χ1) is 4.20. The van der Waals surface area contributed by atoms with Gasteiger partial charge in [0.25, 0.3) is 0 Å². The number of carbonyl (C=O) groups is 1. The van der Waals surface area contributed by atoms with Crippen molar-refractivity contribution in [3.8, 4) is 0 Å². The molecular formula is C4H2F2O3. The van der Waals surface area contributed by atoms with Gasteiger partial charge in [-0.2, -0.15) is 8.78 Å². The molecule has 0 aromatic rings. The zero-order valence-electron chi connectivity index (χ0n) is 4.19. The number of rotatable bonds is 0. The van der Waals surface area contributed by atoms with Crippen molar-refractivity contribution in [3.05, 3.63) is 11.8 Å². The van der Waals surface area contributed by atoms with Crippen LogP contribution in [0.25, 0.3) is 0 Å². The number of halogens is 2. The van der Waals surface area contributed by atoms with E-state index in [0.717, 1.165) is 0 Å². The van der Waals surface area contributed by atoms with E-state index in [9.17, 15) is 13.6 Å². The first kappa shape index (κ1) is 6.00. The number of cyclic esters (lactones) is 2. The standard InChI is InChI=1S/C4H2F2O3/c5-3(6)2-1-8-4(7)9-2/h1H2. The molecule has 0 unspecified atom stereocenters. The summed E-state index contributed by atoms with van der Waals surface area (Å²) in [5, 5.41) is 0. The average Bonchev–Trinajstić information content (AvgIpc) is 2.14. The lowest BCUT2D eigenvalue weighted by molar-refractivity contribution is 0.135. The molecule has 0 aromatic heterocycles. The SMILES string of the molecule is O=C1OCC(=C(F)F)O1.